The van der Waals surface area contributed by atoms with E-state index in [1.165, 1.54) is 0 Å². The second-order valence-electron chi connectivity index (χ2n) is 8.17. The highest BCUT2D eigenvalue weighted by Gasteiger charge is 2.24. The Balaban J connectivity index is 1.54. The zero-order valence-electron chi connectivity index (χ0n) is 19.1. The van der Waals surface area contributed by atoms with Crippen molar-refractivity contribution >= 4 is 17.5 Å². The molecule has 0 fully saturated rings. The Morgan fingerprint density at radius 3 is 2.45 bits per heavy atom. The van der Waals surface area contributed by atoms with E-state index in [0.717, 1.165) is 22.6 Å². The molecule has 0 saturated heterocycles. The molecule has 2 heterocycles. The average molecular weight is 464 g/mol. The molecular formula is C25H26ClN5O2. The van der Waals surface area contributed by atoms with E-state index in [2.05, 4.69) is 15.3 Å². The van der Waals surface area contributed by atoms with E-state index in [1.54, 1.807) is 11.0 Å². The Labute approximate surface area is 198 Å². The monoisotopic (exact) mass is 463 g/mol. The summed E-state index contributed by atoms with van der Waals surface area (Å²) in [6, 6.07) is 17.1. The lowest BCUT2D eigenvalue weighted by molar-refractivity contribution is -0.133. The Morgan fingerprint density at radius 2 is 1.76 bits per heavy atom. The van der Waals surface area contributed by atoms with Crippen molar-refractivity contribution in [2.45, 2.75) is 46.7 Å². The summed E-state index contributed by atoms with van der Waals surface area (Å²) in [5.74, 6) is 0.671. The third-order valence-electron chi connectivity index (χ3n) is 5.59. The third-order valence-corrected chi connectivity index (χ3v) is 5.92. The van der Waals surface area contributed by atoms with Gasteiger partial charge in [-0.1, -0.05) is 41.9 Å². The number of halogens is 1. The van der Waals surface area contributed by atoms with Crippen molar-refractivity contribution in [3.05, 3.63) is 82.5 Å². The van der Waals surface area contributed by atoms with Crippen LogP contribution in [-0.2, 0) is 17.8 Å². The number of aryl methyl sites for hydroxylation is 1. The van der Waals surface area contributed by atoms with E-state index < -0.39 is 0 Å². The maximum Gasteiger partial charge on any atom is 0.249 e. The molecule has 0 saturated carbocycles. The first-order valence-electron chi connectivity index (χ1n) is 10.8. The lowest BCUT2D eigenvalue weighted by atomic mass is 10.1. The molecule has 0 aliphatic heterocycles. The van der Waals surface area contributed by atoms with E-state index in [0.29, 0.717) is 22.4 Å². The molecule has 0 aliphatic rings. The van der Waals surface area contributed by atoms with Gasteiger partial charge in [0.25, 0.3) is 0 Å². The van der Waals surface area contributed by atoms with E-state index in [9.17, 15) is 4.79 Å². The van der Waals surface area contributed by atoms with Crippen molar-refractivity contribution in [2.24, 2.45) is 0 Å². The zero-order valence-corrected chi connectivity index (χ0v) is 19.9. The number of benzene rings is 2. The SMILES string of the molecule is Cc1nn(-c2ccccc2)c(C)c1CC(=O)N(Cc1nnc(-c2ccccc2Cl)o1)C(C)C. The van der Waals surface area contributed by atoms with Crippen LogP contribution in [0.15, 0.2) is 59.0 Å². The molecule has 0 unspecified atom stereocenters. The molecular weight excluding hydrogens is 438 g/mol. The van der Waals surface area contributed by atoms with Gasteiger partial charge in [0.15, 0.2) is 0 Å². The molecule has 0 radical (unpaired) electrons. The molecule has 33 heavy (non-hydrogen) atoms. The number of amides is 1. The van der Waals surface area contributed by atoms with Crippen LogP contribution in [0.1, 0.15) is 36.7 Å². The number of hydrogen-bond acceptors (Lipinski definition) is 5. The van der Waals surface area contributed by atoms with Crippen LogP contribution in [0, 0.1) is 13.8 Å². The first kappa shape index (κ1) is 22.7. The molecule has 4 rings (SSSR count). The number of hydrogen-bond donors (Lipinski definition) is 0. The minimum atomic E-state index is -0.0436. The molecule has 170 valence electrons. The number of carbonyl (C=O) groups is 1. The molecule has 0 spiro atoms. The summed E-state index contributed by atoms with van der Waals surface area (Å²) in [5, 5.41) is 13.4. The van der Waals surface area contributed by atoms with Gasteiger partial charge in [0, 0.05) is 17.3 Å². The van der Waals surface area contributed by atoms with Crippen molar-refractivity contribution < 1.29 is 9.21 Å². The van der Waals surface area contributed by atoms with E-state index in [-0.39, 0.29) is 24.9 Å². The summed E-state index contributed by atoms with van der Waals surface area (Å²) < 4.78 is 7.70. The van der Waals surface area contributed by atoms with Crippen LogP contribution in [0.2, 0.25) is 5.02 Å². The van der Waals surface area contributed by atoms with Gasteiger partial charge in [-0.15, -0.1) is 10.2 Å². The molecule has 0 N–H and O–H groups in total. The van der Waals surface area contributed by atoms with Crippen molar-refractivity contribution in [1.82, 2.24) is 24.9 Å². The fourth-order valence-corrected chi connectivity index (χ4v) is 3.99. The van der Waals surface area contributed by atoms with Gasteiger partial charge >= 0.3 is 0 Å². The summed E-state index contributed by atoms with van der Waals surface area (Å²) in [6.45, 7) is 8.08. The van der Waals surface area contributed by atoms with Crippen LogP contribution >= 0.6 is 11.6 Å². The Bertz CT molecular complexity index is 1260. The third kappa shape index (κ3) is 4.83. The van der Waals surface area contributed by atoms with Crippen molar-refractivity contribution in [3.8, 4) is 17.1 Å². The average Bonchev–Trinajstić information content (AvgIpc) is 3.38. The van der Waals surface area contributed by atoms with Gasteiger partial charge in [0.05, 0.1) is 34.9 Å². The number of nitrogens with zero attached hydrogens (tertiary/aromatic N) is 5. The molecule has 4 aromatic rings. The number of aromatic nitrogens is 4. The highest BCUT2D eigenvalue weighted by atomic mass is 35.5. The number of carbonyl (C=O) groups excluding carboxylic acids is 1. The second kappa shape index (κ2) is 9.58. The lowest BCUT2D eigenvalue weighted by Crippen LogP contribution is -2.37. The highest BCUT2D eigenvalue weighted by Crippen LogP contribution is 2.27. The molecule has 0 bridgehead atoms. The maximum absolute atomic E-state index is 13.3. The standard InChI is InChI=1S/C25H26ClN5O2/c1-16(2)30(15-23-27-28-25(33-23)20-12-8-9-13-22(20)26)24(32)14-21-17(3)29-31(18(21)4)19-10-6-5-7-11-19/h5-13,16H,14-15H2,1-4H3. The van der Waals surface area contributed by atoms with Gasteiger partial charge in [-0.2, -0.15) is 5.10 Å². The Morgan fingerprint density at radius 1 is 1.06 bits per heavy atom. The van der Waals surface area contributed by atoms with Gasteiger partial charge in [0.1, 0.15) is 0 Å². The van der Waals surface area contributed by atoms with Crippen LogP contribution in [0.25, 0.3) is 17.1 Å². The smallest absolute Gasteiger partial charge is 0.249 e. The van der Waals surface area contributed by atoms with Gasteiger partial charge in [-0.05, 0) is 52.0 Å². The lowest BCUT2D eigenvalue weighted by Gasteiger charge is -2.25. The fourth-order valence-electron chi connectivity index (χ4n) is 3.77. The Kier molecular flexibility index (Phi) is 6.60. The first-order chi connectivity index (χ1) is 15.8. The second-order valence-corrected chi connectivity index (χ2v) is 8.58. The number of rotatable bonds is 7. The molecule has 2 aromatic heterocycles. The van der Waals surface area contributed by atoms with Gasteiger partial charge in [-0.25, -0.2) is 4.68 Å². The molecule has 2 aromatic carbocycles. The largest absolute Gasteiger partial charge is 0.419 e. The van der Waals surface area contributed by atoms with Crippen molar-refractivity contribution in [2.75, 3.05) is 0 Å². The molecule has 0 atom stereocenters. The predicted octanol–water partition coefficient (Wildman–Crippen LogP) is 5.17. The summed E-state index contributed by atoms with van der Waals surface area (Å²) >= 11 is 6.24. The minimum absolute atomic E-state index is 0.0266. The normalized spacial score (nSPS) is 11.2. The summed E-state index contributed by atoms with van der Waals surface area (Å²) in [5.41, 5.74) is 4.36. The predicted molar refractivity (Wildman–Crippen MR) is 127 cm³/mol. The summed E-state index contributed by atoms with van der Waals surface area (Å²) in [4.78, 5) is 15.1. The van der Waals surface area contributed by atoms with Crippen LogP contribution in [0.4, 0.5) is 0 Å². The van der Waals surface area contributed by atoms with Gasteiger partial charge < -0.3 is 9.32 Å². The topological polar surface area (TPSA) is 77.1 Å². The first-order valence-corrected chi connectivity index (χ1v) is 11.2. The van der Waals surface area contributed by atoms with Gasteiger partial charge in [0.2, 0.25) is 17.7 Å². The quantitative estimate of drug-likeness (QED) is 0.377. The van der Waals surface area contributed by atoms with Crippen molar-refractivity contribution in [1.29, 1.82) is 0 Å². The number of para-hydroxylation sites is 1. The Hall–Kier alpha value is -3.45. The summed E-state index contributed by atoms with van der Waals surface area (Å²) in [7, 11) is 0. The van der Waals surface area contributed by atoms with Crippen molar-refractivity contribution in [3.63, 3.8) is 0 Å². The zero-order chi connectivity index (χ0) is 23.5. The van der Waals surface area contributed by atoms with E-state index in [4.69, 9.17) is 16.0 Å². The molecule has 1 amide bonds. The van der Waals surface area contributed by atoms with Crippen LogP contribution in [-0.4, -0.2) is 36.8 Å². The van der Waals surface area contributed by atoms with Crippen LogP contribution < -0.4 is 0 Å². The van der Waals surface area contributed by atoms with Crippen LogP contribution in [0.5, 0.6) is 0 Å². The summed E-state index contributed by atoms with van der Waals surface area (Å²) in [6.07, 6.45) is 0.244. The maximum atomic E-state index is 13.3. The molecule has 0 aliphatic carbocycles. The minimum Gasteiger partial charge on any atom is -0.419 e. The fraction of sp³-hybridized carbons (Fsp3) is 0.280. The van der Waals surface area contributed by atoms with Gasteiger partial charge in [-0.3, -0.25) is 4.79 Å². The highest BCUT2D eigenvalue weighted by molar-refractivity contribution is 6.33. The van der Waals surface area contributed by atoms with Crippen LogP contribution in [0.3, 0.4) is 0 Å². The van der Waals surface area contributed by atoms with E-state index in [1.807, 2.05) is 80.9 Å². The van der Waals surface area contributed by atoms with E-state index >= 15 is 0 Å². The molecule has 7 nitrogen and oxygen atoms in total. The molecule has 8 heteroatoms.